The van der Waals surface area contributed by atoms with Crippen molar-refractivity contribution in [3.63, 3.8) is 0 Å². The summed E-state index contributed by atoms with van der Waals surface area (Å²) in [5.74, 6) is -3.54. The molecule has 5 heterocycles. The molecule has 13 heteroatoms. The summed E-state index contributed by atoms with van der Waals surface area (Å²) in [7, 11) is 0. The second-order valence-corrected chi connectivity index (χ2v) is 10.1. The molecule has 0 spiro atoms. The Morgan fingerprint density at radius 3 is 2.63 bits per heavy atom. The smallest absolute Gasteiger partial charge is 0.277 e. The van der Waals surface area contributed by atoms with E-state index >= 15 is 0 Å². The van der Waals surface area contributed by atoms with Crippen LogP contribution in [0.1, 0.15) is 46.2 Å². The largest absolute Gasteiger partial charge is 0.485 e. The van der Waals surface area contributed by atoms with Gasteiger partial charge in [-0.05, 0) is 25.8 Å². The van der Waals surface area contributed by atoms with Crippen LogP contribution in [0.5, 0.6) is 5.75 Å². The van der Waals surface area contributed by atoms with Crippen molar-refractivity contribution in [2.45, 2.75) is 45.7 Å². The van der Waals surface area contributed by atoms with Crippen molar-refractivity contribution in [3.05, 3.63) is 104 Å². The zero-order valence-electron chi connectivity index (χ0n) is 24.0. The van der Waals surface area contributed by atoms with Crippen LogP contribution in [-0.2, 0) is 29.7 Å². The summed E-state index contributed by atoms with van der Waals surface area (Å²) in [4.78, 5) is 33.1. The highest BCUT2D eigenvalue weighted by molar-refractivity contribution is 6.31. The lowest BCUT2D eigenvalue weighted by Gasteiger charge is -2.23. The van der Waals surface area contributed by atoms with Crippen LogP contribution in [0.15, 0.2) is 53.7 Å². The molecule has 0 aliphatic carbocycles. The Morgan fingerprint density at radius 1 is 1.15 bits per heavy atom. The van der Waals surface area contributed by atoms with Crippen LogP contribution in [0, 0.1) is 17.5 Å². The fraction of sp³-hybridized carbons (Fsp3) is 0.250. The summed E-state index contributed by atoms with van der Waals surface area (Å²) in [6.07, 6.45) is 7.49. The van der Waals surface area contributed by atoms with Crippen LogP contribution in [0.25, 0.3) is 11.5 Å². The number of fused-ring (bicyclic) bond motifs is 3. The molecule has 0 saturated carbocycles. The van der Waals surface area contributed by atoms with E-state index < -0.39 is 45.8 Å². The molecular weight excluding hydrogens is 561 g/mol. The second-order valence-electron chi connectivity index (χ2n) is 9.77. The maximum absolute atomic E-state index is 15.0. The van der Waals surface area contributed by atoms with Crippen molar-refractivity contribution in [1.29, 1.82) is 0 Å². The first-order chi connectivity index (χ1) is 20.2. The van der Waals surface area contributed by atoms with Gasteiger partial charge >= 0.3 is 0 Å². The first kappa shape index (κ1) is 25.5. The molecule has 9 nitrogen and oxygen atoms in total. The Morgan fingerprint density at radius 2 is 1.90 bits per heavy atom. The fourth-order valence-electron chi connectivity index (χ4n) is 4.46. The van der Waals surface area contributed by atoms with Gasteiger partial charge in [-0.3, -0.25) is 19.1 Å². The molecule has 0 saturated heterocycles. The predicted molar refractivity (Wildman–Crippen MR) is 144 cm³/mol. The number of amides is 1. The van der Waals surface area contributed by atoms with E-state index in [-0.39, 0.29) is 29.6 Å². The minimum Gasteiger partial charge on any atom is -0.485 e. The standard InChI is InChI=1S/C28H24ClF3N6O3/c1-15(39)35-28(2,3)26-20(32)13-37(36-26)24-10-22-16(11-34-24)6-4-5-7-18-9-23(25(29)27(40)38(18)22)41-14-21-19(31)8-17(30)12-33-21/h4-5,8-13H,6-7,14H2,1-3H3,(H,35,39)/b5-4-/i14D2. The van der Waals surface area contributed by atoms with Crippen LogP contribution < -0.4 is 15.6 Å². The first-order valence-corrected chi connectivity index (χ1v) is 12.7. The number of nitrogens with zero attached hydrogens (tertiary/aromatic N) is 5. The molecule has 41 heavy (non-hydrogen) atoms. The van der Waals surface area contributed by atoms with E-state index in [1.807, 2.05) is 6.08 Å². The monoisotopic (exact) mass is 586 g/mol. The van der Waals surface area contributed by atoms with Crippen molar-refractivity contribution >= 4 is 17.5 Å². The van der Waals surface area contributed by atoms with E-state index in [9.17, 15) is 22.8 Å². The molecule has 212 valence electrons. The van der Waals surface area contributed by atoms with E-state index in [2.05, 4.69) is 20.4 Å². The number of hydrogen-bond donors (Lipinski definition) is 1. The highest BCUT2D eigenvalue weighted by Crippen LogP contribution is 2.29. The van der Waals surface area contributed by atoms with Gasteiger partial charge in [0.05, 0.1) is 26.4 Å². The summed E-state index contributed by atoms with van der Waals surface area (Å²) >= 11 is 6.39. The molecule has 0 radical (unpaired) electrons. The van der Waals surface area contributed by atoms with E-state index in [0.29, 0.717) is 35.6 Å². The van der Waals surface area contributed by atoms with Crippen LogP contribution in [0.4, 0.5) is 13.2 Å². The zero-order chi connectivity index (χ0) is 31.3. The van der Waals surface area contributed by atoms with Crippen LogP contribution in [0.2, 0.25) is 5.02 Å². The number of halogens is 4. The third-order valence-corrected chi connectivity index (χ3v) is 6.61. The van der Waals surface area contributed by atoms with Crippen molar-refractivity contribution in [3.8, 4) is 17.3 Å². The normalized spacial score (nSPS) is 14.6. The minimum atomic E-state index is -2.91. The molecule has 4 aromatic rings. The number of nitrogens with one attached hydrogen (secondary N) is 1. The summed E-state index contributed by atoms with van der Waals surface area (Å²) < 4.78 is 66.9. The lowest BCUT2D eigenvalue weighted by atomic mass is 10.0. The average Bonchev–Trinajstić information content (AvgIpc) is 3.30. The van der Waals surface area contributed by atoms with Crippen LogP contribution in [0.3, 0.4) is 0 Å². The lowest BCUT2D eigenvalue weighted by molar-refractivity contribution is -0.120. The number of aromatic nitrogens is 5. The van der Waals surface area contributed by atoms with Gasteiger partial charge in [0, 0.05) is 43.4 Å². The molecule has 1 N–H and O–H groups in total. The Balaban J connectivity index is 1.59. The van der Waals surface area contributed by atoms with Gasteiger partial charge in [0.1, 0.15) is 34.5 Å². The molecule has 0 fully saturated rings. The van der Waals surface area contributed by atoms with Gasteiger partial charge in [0.15, 0.2) is 17.5 Å². The van der Waals surface area contributed by atoms with Gasteiger partial charge in [-0.2, -0.15) is 5.10 Å². The van der Waals surface area contributed by atoms with Gasteiger partial charge in [-0.25, -0.2) is 22.8 Å². The molecule has 0 bridgehead atoms. The highest BCUT2D eigenvalue weighted by Gasteiger charge is 2.29. The average molecular weight is 587 g/mol. The maximum atomic E-state index is 15.0. The Bertz CT molecular complexity index is 1860. The van der Waals surface area contributed by atoms with Crippen LogP contribution in [-0.4, -0.2) is 30.2 Å². The lowest BCUT2D eigenvalue weighted by Crippen LogP contribution is -2.40. The van der Waals surface area contributed by atoms with Crippen molar-refractivity contribution < 1.29 is 25.4 Å². The third-order valence-electron chi connectivity index (χ3n) is 6.26. The summed E-state index contributed by atoms with van der Waals surface area (Å²) in [6.45, 7) is 1.60. The Hall–Kier alpha value is -4.45. The SMILES string of the molecule is [2H]C([2H])(Oc1cc2n(c(=O)c1Cl)-c1cc(-n3cc(F)c(C(C)(C)NC(C)=O)n3)ncc1C/C=C\C2)c1ncc(F)cc1F. The summed E-state index contributed by atoms with van der Waals surface area (Å²) in [5, 5.41) is 6.44. The molecule has 0 aromatic carbocycles. The highest BCUT2D eigenvalue weighted by atomic mass is 35.5. The number of carbonyl (C=O) groups excluding carboxylic acids is 1. The number of allylic oxidation sites excluding steroid dienone is 2. The van der Waals surface area contributed by atoms with Crippen molar-refractivity contribution in [2.24, 2.45) is 0 Å². The van der Waals surface area contributed by atoms with Crippen molar-refractivity contribution in [2.75, 3.05) is 0 Å². The minimum absolute atomic E-state index is 0.0251. The second kappa shape index (κ2) is 10.8. The number of hydrogen-bond acceptors (Lipinski definition) is 6. The number of carbonyl (C=O) groups is 1. The Kier molecular flexibility index (Phi) is 6.75. The van der Waals surface area contributed by atoms with E-state index in [4.69, 9.17) is 19.1 Å². The van der Waals surface area contributed by atoms with Gasteiger partial charge in [-0.15, -0.1) is 0 Å². The maximum Gasteiger partial charge on any atom is 0.277 e. The molecule has 0 atom stereocenters. The third kappa shape index (κ3) is 5.60. The van der Waals surface area contributed by atoms with Crippen molar-refractivity contribution in [1.82, 2.24) is 29.6 Å². The van der Waals surface area contributed by atoms with Gasteiger partial charge in [-0.1, -0.05) is 23.8 Å². The van der Waals surface area contributed by atoms with Gasteiger partial charge in [0.2, 0.25) is 5.91 Å². The topological polar surface area (TPSA) is 104 Å². The molecule has 1 aliphatic heterocycles. The van der Waals surface area contributed by atoms with E-state index in [0.717, 1.165) is 6.20 Å². The van der Waals surface area contributed by atoms with E-state index in [1.165, 1.54) is 34.5 Å². The molecule has 0 unspecified atom stereocenters. The fourth-order valence-corrected chi connectivity index (χ4v) is 4.63. The zero-order valence-corrected chi connectivity index (χ0v) is 22.8. The number of pyridine rings is 3. The number of rotatable bonds is 6. The van der Waals surface area contributed by atoms with E-state index in [1.54, 1.807) is 19.9 Å². The predicted octanol–water partition coefficient (Wildman–Crippen LogP) is 4.49. The molecule has 1 aliphatic rings. The molecule has 4 aromatic heterocycles. The van der Waals surface area contributed by atoms with Gasteiger partial charge < -0.3 is 10.1 Å². The Labute approximate surface area is 240 Å². The van der Waals surface area contributed by atoms with Gasteiger partial charge in [0.25, 0.3) is 5.56 Å². The summed E-state index contributed by atoms with van der Waals surface area (Å²) in [6, 6.07) is 3.32. The number of ether oxygens (including phenoxy) is 1. The molecule has 5 rings (SSSR count). The first-order valence-electron chi connectivity index (χ1n) is 13.3. The quantitative estimate of drug-likeness (QED) is 0.334. The van der Waals surface area contributed by atoms with Crippen LogP contribution >= 0.6 is 11.6 Å². The molecular formula is C28H24ClF3N6O3. The summed E-state index contributed by atoms with van der Waals surface area (Å²) in [5.41, 5.74) is -1.44. The molecule has 1 amide bonds.